The van der Waals surface area contributed by atoms with Crippen LogP contribution in [0.2, 0.25) is 0 Å². The van der Waals surface area contributed by atoms with E-state index >= 15 is 0 Å². The Morgan fingerprint density at radius 1 is 1.26 bits per heavy atom. The smallest absolute Gasteiger partial charge is 0.239 e. The van der Waals surface area contributed by atoms with Crippen molar-refractivity contribution in [1.29, 1.82) is 0 Å². The molecule has 1 amide bonds. The summed E-state index contributed by atoms with van der Waals surface area (Å²) < 4.78 is 28.8. The molecule has 4 atom stereocenters. The van der Waals surface area contributed by atoms with E-state index in [0.717, 1.165) is 11.3 Å². The number of rotatable bonds is 2. The van der Waals surface area contributed by atoms with Crippen LogP contribution < -0.4 is 20.9 Å². The minimum absolute atomic E-state index is 0.0167. The molecule has 8 heteroatoms. The van der Waals surface area contributed by atoms with Gasteiger partial charge in [0, 0.05) is 17.5 Å². The molecule has 0 aromatic heterocycles. The molecule has 4 unspecified atom stereocenters. The van der Waals surface area contributed by atoms with Crippen LogP contribution >= 0.6 is 0 Å². The Morgan fingerprint density at radius 2 is 2.09 bits per heavy atom. The van der Waals surface area contributed by atoms with E-state index in [1.165, 1.54) is 0 Å². The summed E-state index contributed by atoms with van der Waals surface area (Å²) in [5.41, 5.74) is 7.26. The molecule has 3 aliphatic heterocycles. The summed E-state index contributed by atoms with van der Waals surface area (Å²) in [4.78, 5) is 12.5. The summed E-state index contributed by atoms with van der Waals surface area (Å²) in [6, 6.07) is 7.08. The molecule has 3 N–H and O–H groups in total. The number of hydrazine groups is 1. The van der Waals surface area contributed by atoms with E-state index < -0.39 is 15.9 Å². The Hall–Kier alpha value is -1.64. The molecular formula is C15H19N3O4S. The Kier molecular flexibility index (Phi) is 3.55. The van der Waals surface area contributed by atoms with Gasteiger partial charge in [0.2, 0.25) is 5.91 Å². The van der Waals surface area contributed by atoms with Gasteiger partial charge in [-0.05, 0) is 12.5 Å². The number of hydrogen-bond donors (Lipinski definition) is 3. The second-order valence-electron chi connectivity index (χ2n) is 6.37. The number of sulfone groups is 1. The van der Waals surface area contributed by atoms with E-state index in [-0.39, 0.29) is 35.4 Å². The summed E-state index contributed by atoms with van der Waals surface area (Å²) in [6.45, 7) is 0.447. The summed E-state index contributed by atoms with van der Waals surface area (Å²) in [6.07, 6.45) is 0.488. The van der Waals surface area contributed by atoms with Gasteiger partial charge in [-0.1, -0.05) is 18.2 Å². The molecule has 1 aromatic rings. The zero-order chi connectivity index (χ0) is 16.0. The third-order valence-electron chi connectivity index (χ3n) is 4.80. The molecule has 2 saturated heterocycles. The van der Waals surface area contributed by atoms with Crippen molar-refractivity contribution in [1.82, 2.24) is 16.2 Å². The zero-order valence-corrected chi connectivity index (χ0v) is 13.3. The lowest BCUT2D eigenvalue weighted by Gasteiger charge is -2.29. The quantitative estimate of drug-likeness (QED) is 0.674. The van der Waals surface area contributed by atoms with E-state index in [1.807, 2.05) is 24.3 Å². The second-order valence-corrected chi connectivity index (χ2v) is 8.59. The number of carbonyl (C=O) groups is 1. The average molecular weight is 337 g/mol. The largest absolute Gasteiger partial charge is 0.493 e. The van der Waals surface area contributed by atoms with Gasteiger partial charge in [-0.2, -0.15) is 0 Å². The van der Waals surface area contributed by atoms with Crippen molar-refractivity contribution in [2.75, 3.05) is 18.1 Å². The first-order chi connectivity index (χ1) is 11.0. The topological polar surface area (TPSA) is 96.5 Å². The van der Waals surface area contributed by atoms with Gasteiger partial charge in [0.05, 0.1) is 24.2 Å². The van der Waals surface area contributed by atoms with Gasteiger partial charge in [-0.3, -0.25) is 4.79 Å². The molecule has 0 aliphatic carbocycles. The fraction of sp³-hybridized carbons (Fsp3) is 0.533. The Morgan fingerprint density at radius 3 is 2.87 bits per heavy atom. The molecular weight excluding hydrogens is 318 g/mol. The van der Waals surface area contributed by atoms with Crippen molar-refractivity contribution in [3.63, 3.8) is 0 Å². The van der Waals surface area contributed by atoms with E-state index in [4.69, 9.17) is 4.74 Å². The molecule has 3 heterocycles. The van der Waals surface area contributed by atoms with Gasteiger partial charge in [-0.15, -0.1) is 0 Å². The maximum atomic E-state index is 12.5. The van der Waals surface area contributed by atoms with Gasteiger partial charge in [0.1, 0.15) is 11.8 Å². The van der Waals surface area contributed by atoms with Crippen molar-refractivity contribution in [3.05, 3.63) is 29.8 Å². The summed E-state index contributed by atoms with van der Waals surface area (Å²) in [5.74, 6) is 0.826. The molecule has 0 saturated carbocycles. The number of ether oxygens (including phenoxy) is 1. The number of para-hydroxylation sites is 1. The van der Waals surface area contributed by atoms with Crippen molar-refractivity contribution in [3.8, 4) is 5.75 Å². The van der Waals surface area contributed by atoms with Gasteiger partial charge in [0.15, 0.2) is 9.84 Å². The minimum Gasteiger partial charge on any atom is -0.493 e. The third-order valence-corrected chi connectivity index (χ3v) is 6.57. The molecule has 124 valence electrons. The van der Waals surface area contributed by atoms with Crippen LogP contribution in [0.1, 0.15) is 18.0 Å². The predicted molar refractivity (Wildman–Crippen MR) is 83.4 cm³/mol. The van der Waals surface area contributed by atoms with Crippen LogP contribution in [0.5, 0.6) is 5.75 Å². The maximum Gasteiger partial charge on any atom is 0.239 e. The Bertz CT molecular complexity index is 736. The molecule has 0 spiro atoms. The summed E-state index contributed by atoms with van der Waals surface area (Å²) in [7, 11) is -3.00. The monoisotopic (exact) mass is 337 g/mol. The SMILES string of the molecule is O=C(NC1CCS(=O)(=O)C1)C1NNC2c3ccccc3OCC12. The second kappa shape index (κ2) is 5.47. The highest BCUT2D eigenvalue weighted by Crippen LogP contribution is 2.38. The standard InChI is InChI=1S/C15H19N3O4S/c19-15(16-9-5-6-23(20,21)8-9)14-11-7-22-12-4-2-1-3-10(12)13(11)17-18-14/h1-4,9,11,13-14,17-18H,5-8H2,(H,16,19). The molecule has 3 aliphatic rings. The van der Waals surface area contributed by atoms with Gasteiger partial charge in [0.25, 0.3) is 0 Å². The normalized spacial score (nSPS) is 34.3. The zero-order valence-electron chi connectivity index (χ0n) is 12.5. The molecule has 2 fully saturated rings. The number of benzene rings is 1. The van der Waals surface area contributed by atoms with Crippen LogP contribution in [0, 0.1) is 5.92 Å². The number of hydrogen-bond acceptors (Lipinski definition) is 6. The van der Waals surface area contributed by atoms with E-state index in [2.05, 4.69) is 16.2 Å². The van der Waals surface area contributed by atoms with Crippen LogP contribution in [0.15, 0.2) is 24.3 Å². The van der Waals surface area contributed by atoms with Crippen LogP contribution in [0.4, 0.5) is 0 Å². The van der Waals surface area contributed by atoms with Crippen molar-refractivity contribution in [2.45, 2.75) is 24.5 Å². The van der Waals surface area contributed by atoms with Crippen LogP contribution in [-0.4, -0.2) is 44.5 Å². The maximum absolute atomic E-state index is 12.5. The van der Waals surface area contributed by atoms with Crippen LogP contribution in [-0.2, 0) is 14.6 Å². The summed E-state index contributed by atoms with van der Waals surface area (Å²) in [5, 5.41) is 2.86. The molecule has 4 rings (SSSR count). The highest BCUT2D eigenvalue weighted by atomic mass is 32.2. The summed E-state index contributed by atoms with van der Waals surface area (Å²) >= 11 is 0. The molecule has 1 aromatic carbocycles. The van der Waals surface area contributed by atoms with E-state index in [9.17, 15) is 13.2 Å². The third kappa shape index (κ3) is 2.71. The highest BCUT2D eigenvalue weighted by molar-refractivity contribution is 7.91. The van der Waals surface area contributed by atoms with Crippen molar-refractivity contribution < 1.29 is 17.9 Å². The van der Waals surface area contributed by atoms with Crippen molar-refractivity contribution >= 4 is 15.7 Å². The van der Waals surface area contributed by atoms with Gasteiger partial charge >= 0.3 is 0 Å². The van der Waals surface area contributed by atoms with Crippen LogP contribution in [0.3, 0.4) is 0 Å². The van der Waals surface area contributed by atoms with Gasteiger partial charge in [-0.25, -0.2) is 19.3 Å². The van der Waals surface area contributed by atoms with Crippen molar-refractivity contribution in [2.24, 2.45) is 5.92 Å². The predicted octanol–water partition coefficient (Wildman–Crippen LogP) is -0.484. The lowest BCUT2D eigenvalue weighted by molar-refractivity contribution is -0.124. The lowest BCUT2D eigenvalue weighted by Crippen LogP contribution is -2.50. The molecule has 0 radical (unpaired) electrons. The average Bonchev–Trinajstić information content (AvgIpc) is 3.10. The molecule has 23 heavy (non-hydrogen) atoms. The Labute approximate surface area is 134 Å². The van der Waals surface area contributed by atoms with Gasteiger partial charge < -0.3 is 10.1 Å². The first-order valence-electron chi connectivity index (χ1n) is 7.77. The fourth-order valence-electron chi connectivity index (χ4n) is 3.60. The first-order valence-corrected chi connectivity index (χ1v) is 9.59. The number of fused-ring (bicyclic) bond motifs is 3. The highest BCUT2D eigenvalue weighted by Gasteiger charge is 2.45. The fourth-order valence-corrected chi connectivity index (χ4v) is 5.27. The lowest BCUT2D eigenvalue weighted by atomic mass is 9.87. The molecule has 0 bridgehead atoms. The number of nitrogens with one attached hydrogen (secondary N) is 3. The Balaban J connectivity index is 1.46. The number of amides is 1. The van der Waals surface area contributed by atoms with E-state index in [0.29, 0.717) is 13.0 Å². The minimum atomic E-state index is -3.00. The van der Waals surface area contributed by atoms with E-state index in [1.54, 1.807) is 0 Å². The van der Waals surface area contributed by atoms with Crippen LogP contribution in [0.25, 0.3) is 0 Å². The number of carbonyl (C=O) groups excluding carboxylic acids is 1. The first kappa shape index (κ1) is 14.9. The molecule has 7 nitrogen and oxygen atoms in total.